The molecule has 1 aliphatic heterocycles. The Morgan fingerprint density at radius 1 is 1.04 bits per heavy atom. The lowest BCUT2D eigenvalue weighted by atomic mass is 10.1. The normalized spacial score (nSPS) is 14.2. The molecule has 0 atom stereocenters. The summed E-state index contributed by atoms with van der Waals surface area (Å²) in [6.45, 7) is 4.18. The fourth-order valence-electron chi connectivity index (χ4n) is 2.37. The van der Waals surface area contributed by atoms with Crippen molar-refractivity contribution in [3.05, 3.63) is 48.7 Å². The molecule has 7 nitrogen and oxygen atoms in total. The van der Waals surface area contributed by atoms with Crippen molar-refractivity contribution in [2.24, 2.45) is 0 Å². The van der Waals surface area contributed by atoms with Crippen molar-refractivity contribution in [1.82, 2.24) is 10.3 Å². The van der Waals surface area contributed by atoms with Gasteiger partial charge in [-0.15, -0.1) is 0 Å². The molecule has 0 spiro atoms. The van der Waals surface area contributed by atoms with E-state index in [1.807, 2.05) is 6.20 Å². The molecule has 3 rings (SSSR count). The third-order valence-corrected chi connectivity index (χ3v) is 3.44. The Kier molecular flexibility index (Phi) is 6.27. The third kappa shape index (κ3) is 5.06. The summed E-state index contributed by atoms with van der Waals surface area (Å²) in [7, 11) is 0. The molecule has 0 saturated carbocycles. The topological polar surface area (TPSA) is 103 Å². The molecule has 2 heterocycles. The quantitative estimate of drug-likeness (QED) is 0.731. The maximum Gasteiger partial charge on any atom is 0.328 e. The van der Waals surface area contributed by atoms with E-state index in [1.165, 1.54) is 10.8 Å². The Hall–Kier alpha value is -2.93. The number of benzene rings is 1. The van der Waals surface area contributed by atoms with Crippen LogP contribution >= 0.6 is 0 Å². The highest BCUT2D eigenvalue weighted by Crippen LogP contribution is 2.23. The van der Waals surface area contributed by atoms with Crippen LogP contribution in [0.5, 0.6) is 0 Å². The molecule has 24 heavy (non-hydrogen) atoms. The fraction of sp³-hybridized carbons (Fsp3) is 0.235. The van der Waals surface area contributed by atoms with E-state index < -0.39 is 11.9 Å². The molecule has 126 valence electrons. The third-order valence-electron chi connectivity index (χ3n) is 3.44. The number of carbonyl (C=O) groups is 2. The first-order valence-electron chi connectivity index (χ1n) is 7.51. The van der Waals surface area contributed by atoms with Crippen molar-refractivity contribution in [3.8, 4) is 0 Å². The number of nitrogens with zero attached hydrogens (tertiary/aromatic N) is 2. The number of piperazine rings is 1. The van der Waals surface area contributed by atoms with Gasteiger partial charge in [-0.25, -0.2) is 14.6 Å². The zero-order chi connectivity index (χ0) is 17.4. The van der Waals surface area contributed by atoms with Crippen molar-refractivity contribution in [2.75, 3.05) is 31.1 Å². The van der Waals surface area contributed by atoms with Crippen LogP contribution < -0.4 is 10.2 Å². The van der Waals surface area contributed by atoms with E-state index in [-0.39, 0.29) is 0 Å². The molecule has 0 bridgehead atoms. The van der Waals surface area contributed by atoms with Gasteiger partial charge < -0.3 is 20.4 Å². The van der Waals surface area contributed by atoms with Crippen LogP contribution in [-0.2, 0) is 9.59 Å². The van der Waals surface area contributed by atoms with Crippen LogP contribution in [0.4, 0.5) is 5.82 Å². The highest BCUT2D eigenvalue weighted by atomic mass is 16.4. The monoisotopic (exact) mass is 329 g/mol. The van der Waals surface area contributed by atoms with Gasteiger partial charge >= 0.3 is 11.9 Å². The van der Waals surface area contributed by atoms with E-state index in [1.54, 1.807) is 0 Å². The van der Waals surface area contributed by atoms with Gasteiger partial charge in [0.15, 0.2) is 0 Å². The van der Waals surface area contributed by atoms with E-state index in [2.05, 4.69) is 45.5 Å². The first-order chi connectivity index (χ1) is 11.6. The molecule has 1 aromatic carbocycles. The summed E-state index contributed by atoms with van der Waals surface area (Å²) < 4.78 is 0. The smallest absolute Gasteiger partial charge is 0.328 e. The minimum absolute atomic E-state index is 0.558. The van der Waals surface area contributed by atoms with Gasteiger partial charge in [-0.2, -0.15) is 0 Å². The summed E-state index contributed by atoms with van der Waals surface area (Å²) >= 11 is 0. The number of hydrogen-bond acceptors (Lipinski definition) is 5. The van der Waals surface area contributed by atoms with Crippen LogP contribution in [0.15, 0.2) is 48.7 Å². The number of aromatic nitrogens is 1. The second-order valence-electron chi connectivity index (χ2n) is 5.10. The van der Waals surface area contributed by atoms with E-state index >= 15 is 0 Å². The number of carboxylic acids is 2. The van der Waals surface area contributed by atoms with Crippen LogP contribution in [0.25, 0.3) is 10.8 Å². The number of nitrogens with one attached hydrogen (secondary N) is 1. The van der Waals surface area contributed by atoms with Gasteiger partial charge in [0, 0.05) is 49.9 Å². The number of aliphatic carboxylic acids is 2. The highest BCUT2D eigenvalue weighted by Gasteiger charge is 2.13. The average molecular weight is 329 g/mol. The lowest BCUT2D eigenvalue weighted by Crippen LogP contribution is -2.43. The Morgan fingerprint density at radius 3 is 2.29 bits per heavy atom. The molecule has 0 amide bonds. The van der Waals surface area contributed by atoms with Crippen molar-refractivity contribution in [3.63, 3.8) is 0 Å². The number of carboxylic acid groups (broad SMARTS) is 2. The summed E-state index contributed by atoms with van der Waals surface area (Å²) in [5.41, 5.74) is 0. The van der Waals surface area contributed by atoms with E-state index in [0.717, 1.165) is 32.0 Å². The largest absolute Gasteiger partial charge is 0.478 e. The summed E-state index contributed by atoms with van der Waals surface area (Å²) in [6.07, 6.45) is 3.02. The molecule has 1 aromatic heterocycles. The van der Waals surface area contributed by atoms with Crippen LogP contribution in [0.3, 0.4) is 0 Å². The van der Waals surface area contributed by atoms with E-state index in [0.29, 0.717) is 12.2 Å². The second kappa shape index (κ2) is 8.64. The molecule has 1 saturated heterocycles. The van der Waals surface area contributed by atoms with Crippen molar-refractivity contribution in [2.45, 2.75) is 0 Å². The van der Waals surface area contributed by atoms with Gasteiger partial charge in [0.25, 0.3) is 0 Å². The zero-order valence-electron chi connectivity index (χ0n) is 13.1. The standard InChI is InChI=1S/C13H15N3.C4H4O4/c1-2-4-12-11(3-1)5-6-15-13(12)16-9-7-14-8-10-16;5-3(6)1-2-4(7)8/h1-6,14H,7-10H2;1-2H,(H,5,6)(H,7,8). The Balaban J connectivity index is 0.000000224. The Labute approximate surface area is 139 Å². The predicted molar refractivity (Wildman–Crippen MR) is 91.2 cm³/mol. The number of fused-ring (bicyclic) bond motifs is 1. The van der Waals surface area contributed by atoms with E-state index in [9.17, 15) is 9.59 Å². The van der Waals surface area contributed by atoms with Gasteiger partial charge in [-0.05, 0) is 11.5 Å². The molecule has 0 unspecified atom stereocenters. The summed E-state index contributed by atoms with van der Waals surface area (Å²) in [4.78, 5) is 26.0. The molecular formula is C17H19N3O4. The number of hydrogen-bond donors (Lipinski definition) is 3. The zero-order valence-corrected chi connectivity index (χ0v) is 13.1. The number of rotatable bonds is 3. The first kappa shape index (κ1) is 17.4. The maximum absolute atomic E-state index is 9.55. The maximum atomic E-state index is 9.55. The van der Waals surface area contributed by atoms with Crippen molar-refractivity contribution >= 4 is 28.5 Å². The number of pyridine rings is 1. The molecule has 1 aliphatic rings. The van der Waals surface area contributed by atoms with Crippen molar-refractivity contribution < 1.29 is 19.8 Å². The fourth-order valence-corrected chi connectivity index (χ4v) is 2.37. The minimum Gasteiger partial charge on any atom is -0.478 e. The lowest BCUT2D eigenvalue weighted by molar-refractivity contribution is -0.134. The minimum atomic E-state index is -1.26. The molecule has 2 aromatic rings. The first-order valence-corrected chi connectivity index (χ1v) is 7.51. The molecular weight excluding hydrogens is 310 g/mol. The summed E-state index contributed by atoms with van der Waals surface area (Å²) in [5.74, 6) is -1.39. The van der Waals surface area contributed by atoms with Crippen LogP contribution in [0, 0.1) is 0 Å². The lowest BCUT2D eigenvalue weighted by Gasteiger charge is -2.29. The van der Waals surface area contributed by atoms with Crippen LogP contribution in [0.2, 0.25) is 0 Å². The van der Waals surface area contributed by atoms with Gasteiger partial charge in [0.1, 0.15) is 5.82 Å². The van der Waals surface area contributed by atoms with Gasteiger partial charge in [0.2, 0.25) is 0 Å². The highest BCUT2D eigenvalue weighted by molar-refractivity contribution is 5.92. The summed E-state index contributed by atoms with van der Waals surface area (Å²) in [6, 6.07) is 10.5. The van der Waals surface area contributed by atoms with Crippen LogP contribution in [0.1, 0.15) is 0 Å². The van der Waals surface area contributed by atoms with Crippen LogP contribution in [-0.4, -0.2) is 53.3 Å². The number of anilines is 1. The molecule has 0 aliphatic carbocycles. The van der Waals surface area contributed by atoms with Crippen molar-refractivity contribution in [1.29, 1.82) is 0 Å². The SMILES string of the molecule is O=C(O)C=CC(=O)O.c1ccc2c(N3CCNCC3)nccc2c1. The van der Waals surface area contributed by atoms with Gasteiger partial charge in [0.05, 0.1) is 0 Å². The second-order valence-corrected chi connectivity index (χ2v) is 5.10. The van der Waals surface area contributed by atoms with Gasteiger partial charge in [-0.1, -0.05) is 24.3 Å². The van der Waals surface area contributed by atoms with Gasteiger partial charge in [-0.3, -0.25) is 0 Å². The molecule has 0 radical (unpaired) electrons. The summed E-state index contributed by atoms with van der Waals surface area (Å²) in [5, 5.41) is 21.5. The molecule has 1 fully saturated rings. The average Bonchev–Trinajstić information content (AvgIpc) is 2.61. The molecule has 7 heteroatoms. The predicted octanol–water partition coefficient (Wildman–Crippen LogP) is 1.36. The Bertz CT molecular complexity index is 718. The van der Waals surface area contributed by atoms with E-state index in [4.69, 9.17) is 10.2 Å². The Morgan fingerprint density at radius 2 is 1.67 bits per heavy atom. The molecule has 3 N–H and O–H groups in total.